The van der Waals surface area contributed by atoms with Gasteiger partial charge >= 0.3 is 25.3 Å². The molecule has 1 saturated heterocycles. The van der Waals surface area contributed by atoms with Crippen LogP contribution in [0, 0.1) is 0 Å². The Morgan fingerprint density at radius 1 is 1.13 bits per heavy atom. The first-order chi connectivity index (χ1) is 18.0. The molecule has 0 aliphatic carbocycles. The number of carbonyl (C=O) groups excluding carboxylic acids is 2. The number of carbonyl (C=O) groups is 2. The largest absolute Gasteiger partial charge is 0.462 e. The Kier molecular flexibility index (Phi) is 11.0. The van der Waals surface area contributed by atoms with Crippen molar-refractivity contribution in [2.75, 3.05) is 6.61 Å². The quantitative estimate of drug-likeness (QED) is 0.116. The van der Waals surface area contributed by atoms with E-state index in [2.05, 4.69) is 16.8 Å². The molecule has 2 rings (SSSR count). The summed E-state index contributed by atoms with van der Waals surface area (Å²) in [7, 11) is -4.33. The lowest BCUT2D eigenvalue weighted by Gasteiger charge is -2.32. The second-order valence-corrected chi connectivity index (χ2v) is 11.5. The van der Waals surface area contributed by atoms with Crippen LogP contribution < -0.4 is 21.4 Å². The van der Waals surface area contributed by atoms with Gasteiger partial charge in [-0.15, -0.1) is 6.58 Å². The van der Waals surface area contributed by atoms with Gasteiger partial charge in [-0.25, -0.2) is 15.0 Å². The first kappa shape index (κ1) is 32.6. The zero-order valence-electron chi connectivity index (χ0n) is 22.7. The molecule has 0 saturated carbocycles. The molecule has 0 aromatic carbocycles. The Balaban J connectivity index is 2.34. The molecule has 0 radical (unpaired) electrons. The standard InChI is InChI=1S/C23H37N4O11P/c1-8-23(18(30)17(29)19(38-23)27-10-9-16(28)24-22(27)33)11-35-39(34,25-14(6)20(31)36-12(2)3)26-15(7)21(32)37-13(4)5/h8-10,12-15,17-19,29-30H,1,11H2,2-7H3,(H,24,28,33)(H2,25,26,34)/t14-,15-,17+,18-,19+,23+/m0/s1. The number of aromatic amines is 1. The highest BCUT2D eigenvalue weighted by molar-refractivity contribution is 7.54. The molecule has 1 fully saturated rings. The maximum Gasteiger partial charge on any atom is 0.342 e. The maximum absolute atomic E-state index is 13.9. The molecule has 16 heteroatoms. The summed E-state index contributed by atoms with van der Waals surface area (Å²) in [4.78, 5) is 50.4. The Bertz CT molecular complexity index is 1170. The van der Waals surface area contributed by atoms with Crippen LogP contribution in [0.4, 0.5) is 0 Å². The van der Waals surface area contributed by atoms with Crippen LogP contribution in [0.25, 0.3) is 0 Å². The van der Waals surface area contributed by atoms with E-state index in [1.165, 1.54) is 13.8 Å². The van der Waals surface area contributed by atoms with Gasteiger partial charge in [0, 0.05) is 12.3 Å². The van der Waals surface area contributed by atoms with Crippen LogP contribution in [-0.2, 0) is 32.9 Å². The molecule has 15 nitrogen and oxygen atoms in total. The number of aliphatic hydroxyl groups is 2. The van der Waals surface area contributed by atoms with Gasteiger partial charge in [0.2, 0.25) is 0 Å². The van der Waals surface area contributed by atoms with Gasteiger partial charge in [0.05, 0.1) is 18.8 Å². The first-order valence-corrected chi connectivity index (χ1v) is 13.9. The number of rotatable bonds is 13. The van der Waals surface area contributed by atoms with E-state index in [0.717, 1.165) is 22.9 Å². The number of aromatic nitrogens is 2. The number of nitrogens with zero attached hydrogens (tertiary/aromatic N) is 1. The minimum Gasteiger partial charge on any atom is -0.462 e. The first-order valence-electron chi connectivity index (χ1n) is 12.2. The smallest absolute Gasteiger partial charge is 0.342 e. The lowest BCUT2D eigenvalue weighted by atomic mass is 9.96. The summed E-state index contributed by atoms with van der Waals surface area (Å²) in [5.41, 5.74) is -3.51. The fourth-order valence-electron chi connectivity index (χ4n) is 3.59. The van der Waals surface area contributed by atoms with E-state index in [1.54, 1.807) is 27.7 Å². The summed E-state index contributed by atoms with van der Waals surface area (Å²) in [5, 5.41) is 26.5. The molecule has 0 unspecified atom stereocenters. The molecule has 39 heavy (non-hydrogen) atoms. The third-order valence-electron chi connectivity index (χ3n) is 5.54. The third kappa shape index (κ3) is 8.18. The zero-order chi connectivity index (χ0) is 29.7. The van der Waals surface area contributed by atoms with Crippen molar-refractivity contribution in [3.8, 4) is 0 Å². The van der Waals surface area contributed by atoms with E-state index in [4.69, 9.17) is 18.7 Å². The number of nitrogens with one attached hydrogen (secondary N) is 3. The van der Waals surface area contributed by atoms with Gasteiger partial charge in [0.25, 0.3) is 5.56 Å². The van der Waals surface area contributed by atoms with Crippen LogP contribution in [0.2, 0.25) is 0 Å². The average Bonchev–Trinajstić information content (AvgIpc) is 3.07. The van der Waals surface area contributed by atoms with Gasteiger partial charge in [0.15, 0.2) is 6.23 Å². The summed E-state index contributed by atoms with van der Waals surface area (Å²) < 4.78 is 36.4. The molecule has 220 valence electrons. The van der Waals surface area contributed by atoms with Crippen LogP contribution in [0.15, 0.2) is 34.5 Å². The maximum atomic E-state index is 13.9. The van der Waals surface area contributed by atoms with Crippen molar-refractivity contribution in [2.24, 2.45) is 0 Å². The van der Waals surface area contributed by atoms with Gasteiger partial charge in [-0.3, -0.25) is 28.5 Å². The van der Waals surface area contributed by atoms with E-state index in [9.17, 15) is 34.0 Å². The summed E-state index contributed by atoms with van der Waals surface area (Å²) in [6.07, 6.45) is -3.68. The molecular weight excluding hydrogens is 539 g/mol. The molecule has 0 amide bonds. The van der Waals surface area contributed by atoms with Gasteiger partial charge in [-0.1, -0.05) is 6.08 Å². The molecule has 1 aromatic rings. The van der Waals surface area contributed by atoms with Crippen molar-refractivity contribution < 1.29 is 43.1 Å². The monoisotopic (exact) mass is 576 g/mol. The van der Waals surface area contributed by atoms with E-state index >= 15 is 0 Å². The molecule has 1 aliphatic heterocycles. The van der Waals surface area contributed by atoms with Gasteiger partial charge in [-0.2, -0.15) is 0 Å². The molecule has 6 atom stereocenters. The van der Waals surface area contributed by atoms with E-state index in [-0.39, 0.29) is 0 Å². The normalized spacial score (nSPS) is 24.9. The average molecular weight is 577 g/mol. The number of H-pyrrole nitrogens is 1. The number of aliphatic hydroxyl groups excluding tert-OH is 2. The lowest BCUT2D eigenvalue weighted by molar-refractivity contribution is -0.149. The van der Waals surface area contributed by atoms with Crippen LogP contribution in [0.5, 0.6) is 0 Å². The summed E-state index contributed by atoms with van der Waals surface area (Å²) in [6.45, 7) is 12.1. The van der Waals surface area contributed by atoms with Crippen LogP contribution >= 0.6 is 7.67 Å². The molecule has 1 aromatic heterocycles. The minimum atomic E-state index is -4.33. The second kappa shape index (κ2) is 13.1. The summed E-state index contributed by atoms with van der Waals surface area (Å²) >= 11 is 0. The van der Waals surface area contributed by atoms with Crippen molar-refractivity contribution in [3.05, 3.63) is 45.8 Å². The Morgan fingerprint density at radius 3 is 2.08 bits per heavy atom. The van der Waals surface area contributed by atoms with Gasteiger partial charge in [0.1, 0.15) is 29.9 Å². The molecule has 0 spiro atoms. The minimum absolute atomic E-state index is 0.462. The highest BCUT2D eigenvalue weighted by Gasteiger charge is 2.54. The molecule has 2 heterocycles. The van der Waals surface area contributed by atoms with Crippen LogP contribution in [-0.4, -0.2) is 80.4 Å². The fraction of sp³-hybridized carbons (Fsp3) is 0.652. The van der Waals surface area contributed by atoms with Crippen molar-refractivity contribution >= 4 is 19.6 Å². The van der Waals surface area contributed by atoms with Crippen molar-refractivity contribution in [1.29, 1.82) is 0 Å². The van der Waals surface area contributed by atoms with Crippen molar-refractivity contribution in [2.45, 2.75) is 89.9 Å². The Labute approximate surface area is 225 Å². The molecule has 5 N–H and O–H groups in total. The summed E-state index contributed by atoms with van der Waals surface area (Å²) in [6, 6.07) is -1.33. The highest BCUT2D eigenvalue weighted by atomic mass is 31.2. The fourth-order valence-corrected chi connectivity index (χ4v) is 5.43. The number of hydrogen-bond acceptors (Lipinski definition) is 11. The second-order valence-electron chi connectivity index (χ2n) is 9.62. The van der Waals surface area contributed by atoms with Crippen molar-refractivity contribution in [1.82, 2.24) is 19.7 Å². The van der Waals surface area contributed by atoms with Gasteiger partial charge in [-0.05, 0) is 41.5 Å². The Hall–Kier alpha value is -2.65. The predicted octanol–water partition coefficient (Wildman–Crippen LogP) is -0.304. The van der Waals surface area contributed by atoms with E-state index in [1.807, 2.05) is 4.98 Å². The van der Waals surface area contributed by atoms with E-state index < -0.39 is 85.8 Å². The third-order valence-corrected chi connectivity index (χ3v) is 7.48. The van der Waals surface area contributed by atoms with Crippen molar-refractivity contribution in [3.63, 3.8) is 0 Å². The Morgan fingerprint density at radius 2 is 1.64 bits per heavy atom. The van der Waals surface area contributed by atoms with Crippen LogP contribution in [0.3, 0.4) is 0 Å². The molecule has 1 aliphatic rings. The number of esters is 2. The zero-order valence-corrected chi connectivity index (χ0v) is 23.5. The molecule has 0 bridgehead atoms. The topological polar surface area (TPSA) is 208 Å². The lowest BCUT2D eigenvalue weighted by Crippen LogP contribution is -2.47. The number of ether oxygens (including phenoxy) is 3. The number of hydrogen-bond donors (Lipinski definition) is 5. The predicted molar refractivity (Wildman–Crippen MR) is 138 cm³/mol. The SMILES string of the molecule is C=C[C@]1(COP(=O)(N[C@@H](C)C(=O)OC(C)C)N[C@@H](C)C(=O)OC(C)C)O[C@@H](n2ccc(=O)[nH]c2=O)[C@H](O)[C@@H]1O. The van der Waals surface area contributed by atoms with Gasteiger partial charge < -0.3 is 28.9 Å². The highest BCUT2D eigenvalue weighted by Crippen LogP contribution is 2.44. The van der Waals surface area contributed by atoms with Crippen LogP contribution in [0.1, 0.15) is 47.8 Å². The molecular formula is C23H37N4O11P. The van der Waals surface area contributed by atoms with E-state index in [0.29, 0.717) is 0 Å². The summed E-state index contributed by atoms with van der Waals surface area (Å²) in [5.74, 6) is -1.51.